The lowest BCUT2D eigenvalue weighted by molar-refractivity contribution is -0.145. The fourth-order valence-electron chi connectivity index (χ4n) is 2.85. The van der Waals surface area contributed by atoms with Crippen LogP contribution in [0.4, 0.5) is 5.13 Å². The number of nitrogens with zero attached hydrogens (tertiary/aromatic N) is 1. The number of aryl methyl sites for hydroxylation is 1. The number of nitrogens with one attached hydrogen (secondary N) is 1. The molecule has 0 fully saturated rings. The van der Waals surface area contributed by atoms with E-state index in [1.807, 2.05) is 6.92 Å². The van der Waals surface area contributed by atoms with Crippen LogP contribution >= 0.6 is 11.3 Å². The number of carbonyl (C=O) groups excluding carboxylic acids is 1. The number of hydrogen-bond acceptors (Lipinski definition) is 5. The minimum Gasteiger partial charge on any atom is -0.465 e. The summed E-state index contributed by atoms with van der Waals surface area (Å²) >= 11 is 1.71. The van der Waals surface area contributed by atoms with Gasteiger partial charge in [-0.05, 0) is 39.0 Å². The van der Waals surface area contributed by atoms with Crippen LogP contribution in [0.3, 0.4) is 0 Å². The minimum atomic E-state index is -0.160. The van der Waals surface area contributed by atoms with Gasteiger partial charge in [0.05, 0.1) is 12.3 Å². The molecule has 1 aliphatic rings. The normalized spacial score (nSPS) is 18.9. The minimum absolute atomic E-state index is 0.115. The molecule has 2 atom stereocenters. The molecule has 1 aliphatic carbocycles. The zero-order valence-electron chi connectivity index (χ0n) is 13.3. The van der Waals surface area contributed by atoms with Crippen molar-refractivity contribution in [2.75, 3.05) is 11.9 Å². The van der Waals surface area contributed by atoms with E-state index in [1.54, 1.807) is 11.3 Å². The van der Waals surface area contributed by atoms with Gasteiger partial charge in [-0.15, -0.1) is 11.3 Å². The molecule has 0 aliphatic heterocycles. The maximum atomic E-state index is 12.1. The molecule has 0 amide bonds. The molecule has 4 nitrogen and oxygen atoms in total. The van der Waals surface area contributed by atoms with Gasteiger partial charge in [0.25, 0.3) is 0 Å². The van der Waals surface area contributed by atoms with Crippen molar-refractivity contribution in [3.8, 4) is 0 Å². The van der Waals surface area contributed by atoms with E-state index in [0.29, 0.717) is 12.6 Å². The third-order valence-electron chi connectivity index (χ3n) is 3.98. The molecule has 5 heteroatoms. The average Bonchev–Trinajstić information content (AvgIpc) is 2.89. The summed E-state index contributed by atoms with van der Waals surface area (Å²) in [5, 5.41) is 4.50. The second-order valence-electron chi connectivity index (χ2n) is 5.56. The molecule has 2 unspecified atom stereocenters. The molecule has 0 radical (unpaired) electrons. The van der Waals surface area contributed by atoms with Crippen LogP contribution in [-0.4, -0.2) is 23.6 Å². The van der Waals surface area contributed by atoms with Gasteiger partial charge in [-0.25, -0.2) is 4.98 Å². The number of thiazole rings is 1. The van der Waals surface area contributed by atoms with E-state index in [2.05, 4.69) is 19.2 Å². The Morgan fingerprint density at radius 3 is 2.95 bits per heavy atom. The van der Waals surface area contributed by atoms with Crippen molar-refractivity contribution >= 4 is 22.4 Å². The smallest absolute Gasteiger partial charge is 0.315 e. The van der Waals surface area contributed by atoms with Crippen molar-refractivity contribution in [3.63, 3.8) is 0 Å². The molecule has 118 valence electrons. The quantitative estimate of drug-likeness (QED) is 0.770. The van der Waals surface area contributed by atoms with Crippen LogP contribution < -0.4 is 5.32 Å². The van der Waals surface area contributed by atoms with Crippen molar-refractivity contribution < 1.29 is 9.53 Å². The lowest BCUT2D eigenvalue weighted by Gasteiger charge is -2.19. The highest BCUT2D eigenvalue weighted by Crippen LogP contribution is 2.37. The number of esters is 1. The maximum absolute atomic E-state index is 12.1. The molecule has 2 rings (SSSR count). The molecule has 0 aromatic carbocycles. The fourth-order valence-corrected chi connectivity index (χ4v) is 4.00. The molecule has 1 N–H and O–H groups in total. The number of carbonyl (C=O) groups is 1. The summed E-state index contributed by atoms with van der Waals surface area (Å²) in [5.74, 6) is -0.275. The lowest BCUT2D eigenvalue weighted by atomic mass is 9.91. The topological polar surface area (TPSA) is 51.2 Å². The number of anilines is 1. The number of fused-ring (bicyclic) bond motifs is 1. The van der Waals surface area contributed by atoms with Crippen molar-refractivity contribution in [3.05, 3.63) is 10.6 Å². The Morgan fingerprint density at radius 2 is 2.29 bits per heavy atom. The molecule has 1 aromatic rings. The molecule has 1 heterocycles. The number of aromatic nitrogens is 1. The van der Waals surface area contributed by atoms with E-state index >= 15 is 0 Å². The van der Waals surface area contributed by atoms with Gasteiger partial charge >= 0.3 is 5.97 Å². The molecular formula is C16H26N2O2S. The van der Waals surface area contributed by atoms with Crippen molar-refractivity contribution in [1.29, 1.82) is 0 Å². The third-order valence-corrected chi connectivity index (χ3v) is 5.05. The molecule has 1 aromatic heterocycles. The van der Waals surface area contributed by atoms with E-state index in [0.717, 1.165) is 42.9 Å². The van der Waals surface area contributed by atoms with Crippen LogP contribution in [-0.2, 0) is 16.0 Å². The second kappa shape index (κ2) is 7.78. The van der Waals surface area contributed by atoms with Gasteiger partial charge in [-0.3, -0.25) is 4.79 Å². The summed E-state index contributed by atoms with van der Waals surface area (Å²) in [4.78, 5) is 18.0. The van der Waals surface area contributed by atoms with Crippen molar-refractivity contribution in [2.24, 2.45) is 0 Å². The molecule has 0 spiro atoms. The van der Waals surface area contributed by atoms with E-state index in [9.17, 15) is 4.79 Å². The van der Waals surface area contributed by atoms with Crippen LogP contribution in [0.5, 0.6) is 0 Å². The fraction of sp³-hybridized carbons (Fsp3) is 0.750. The van der Waals surface area contributed by atoms with E-state index in [1.165, 1.54) is 11.3 Å². The number of ether oxygens (including phenoxy) is 1. The summed E-state index contributed by atoms with van der Waals surface area (Å²) in [6.45, 7) is 6.69. The van der Waals surface area contributed by atoms with Crippen LogP contribution in [0.1, 0.15) is 69.4 Å². The zero-order chi connectivity index (χ0) is 15.2. The average molecular weight is 310 g/mol. The van der Waals surface area contributed by atoms with Gasteiger partial charge < -0.3 is 10.1 Å². The highest BCUT2D eigenvalue weighted by Gasteiger charge is 2.31. The Labute approximate surface area is 131 Å². The number of hydrogen-bond donors (Lipinski definition) is 1. The van der Waals surface area contributed by atoms with Crippen molar-refractivity contribution in [1.82, 2.24) is 4.98 Å². The first-order valence-electron chi connectivity index (χ1n) is 8.12. The largest absolute Gasteiger partial charge is 0.465 e. The molecule has 0 saturated carbocycles. The standard InChI is InChI=1S/C16H26N2O2S/c1-4-8-11(5-2)17-16-18-14-12(15(19)20-6-3)9-7-10-13(14)21-16/h11-12H,4-10H2,1-3H3,(H,17,18). The van der Waals surface area contributed by atoms with Gasteiger partial charge in [-0.2, -0.15) is 0 Å². The summed E-state index contributed by atoms with van der Waals surface area (Å²) in [6.07, 6.45) is 6.37. The maximum Gasteiger partial charge on any atom is 0.315 e. The van der Waals surface area contributed by atoms with E-state index < -0.39 is 0 Å². The van der Waals surface area contributed by atoms with Crippen molar-refractivity contribution in [2.45, 2.75) is 71.3 Å². The van der Waals surface area contributed by atoms with Crippen LogP contribution in [0.25, 0.3) is 0 Å². The molecule has 21 heavy (non-hydrogen) atoms. The highest BCUT2D eigenvalue weighted by molar-refractivity contribution is 7.15. The van der Waals surface area contributed by atoms with Gasteiger partial charge in [0.1, 0.15) is 5.92 Å². The Kier molecular flexibility index (Phi) is 6.03. The summed E-state index contributed by atoms with van der Waals surface area (Å²) in [6, 6.07) is 0.476. The van der Waals surface area contributed by atoms with Gasteiger partial charge in [0.15, 0.2) is 5.13 Å². The van der Waals surface area contributed by atoms with E-state index in [-0.39, 0.29) is 11.9 Å². The molecular weight excluding hydrogens is 284 g/mol. The predicted octanol–water partition coefficient (Wildman–Crippen LogP) is 4.12. The Bertz CT molecular complexity index is 473. The summed E-state index contributed by atoms with van der Waals surface area (Å²) in [7, 11) is 0. The first-order chi connectivity index (χ1) is 10.2. The first-order valence-corrected chi connectivity index (χ1v) is 8.93. The lowest BCUT2D eigenvalue weighted by Crippen LogP contribution is -2.21. The van der Waals surface area contributed by atoms with Gasteiger partial charge in [0.2, 0.25) is 0 Å². The summed E-state index contributed by atoms with van der Waals surface area (Å²) in [5.41, 5.74) is 0.957. The Morgan fingerprint density at radius 1 is 1.48 bits per heavy atom. The zero-order valence-corrected chi connectivity index (χ0v) is 14.1. The SMILES string of the molecule is CCCC(CC)Nc1nc2c(s1)CCCC2C(=O)OCC. The Hall–Kier alpha value is -1.10. The van der Waals surface area contributed by atoms with Crippen LogP contribution in [0.2, 0.25) is 0 Å². The third kappa shape index (κ3) is 3.96. The molecule has 0 bridgehead atoms. The first kappa shape index (κ1) is 16.3. The Balaban J connectivity index is 2.13. The predicted molar refractivity (Wildman–Crippen MR) is 87.0 cm³/mol. The van der Waals surface area contributed by atoms with Gasteiger partial charge in [-0.1, -0.05) is 20.3 Å². The molecule has 0 saturated heterocycles. The highest BCUT2D eigenvalue weighted by atomic mass is 32.1. The van der Waals surface area contributed by atoms with Crippen LogP contribution in [0.15, 0.2) is 0 Å². The summed E-state index contributed by atoms with van der Waals surface area (Å²) < 4.78 is 5.19. The van der Waals surface area contributed by atoms with Gasteiger partial charge in [0, 0.05) is 10.9 Å². The van der Waals surface area contributed by atoms with Crippen LogP contribution in [0, 0.1) is 0 Å². The second-order valence-corrected chi connectivity index (χ2v) is 6.65. The van der Waals surface area contributed by atoms with E-state index in [4.69, 9.17) is 9.72 Å². The monoisotopic (exact) mass is 310 g/mol. The number of rotatable bonds is 7.